The summed E-state index contributed by atoms with van der Waals surface area (Å²) in [6.45, 7) is 0.521. The van der Waals surface area contributed by atoms with E-state index in [1.807, 2.05) is 0 Å². The number of halogens is 3. The average molecular weight is 579 g/mol. The number of rotatable bonds is 8. The lowest BCUT2D eigenvalue weighted by Crippen LogP contribution is -2.30. The topological polar surface area (TPSA) is 148 Å². The van der Waals surface area contributed by atoms with Gasteiger partial charge in [0.05, 0.1) is 23.7 Å². The minimum absolute atomic E-state index is 0.0444. The summed E-state index contributed by atoms with van der Waals surface area (Å²) in [4.78, 5) is 42.8. The summed E-state index contributed by atoms with van der Waals surface area (Å²) in [6, 6.07) is 10.4. The monoisotopic (exact) mass is 578 g/mol. The van der Waals surface area contributed by atoms with Crippen molar-refractivity contribution in [2.24, 2.45) is 5.73 Å². The van der Waals surface area contributed by atoms with Gasteiger partial charge < -0.3 is 26.0 Å². The second kappa shape index (κ2) is 11.3. The molecular formula is C28H25F3N8O3. The van der Waals surface area contributed by atoms with E-state index in [1.165, 1.54) is 24.5 Å². The van der Waals surface area contributed by atoms with Crippen LogP contribution in [0.15, 0.2) is 60.9 Å². The van der Waals surface area contributed by atoms with Gasteiger partial charge in [-0.3, -0.25) is 14.6 Å². The van der Waals surface area contributed by atoms with Gasteiger partial charge in [-0.25, -0.2) is 15.0 Å². The van der Waals surface area contributed by atoms with Gasteiger partial charge in [0, 0.05) is 37.8 Å². The highest BCUT2D eigenvalue weighted by Gasteiger charge is 2.32. The third-order valence-corrected chi connectivity index (χ3v) is 6.37. The lowest BCUT2D eigenvalue weighted by atomic mass is 10.1. The molecule has 1 fully saturated rings. The predicted molar refractivity (Wildman–Crippen MR) is 148 cm³/mol. The Labute approximate surface area is 238 Å². The van der Waals surface area contributed by atoms with Gasteiger partial charge in [0.25, 0.3) is 5.91 Å². The maximum absolute atomic E-state index is 13.5. The fraction of sp³-hybridized carbons (Fsp3) is 0.214. The normalized spacial score (nSPS) is 14.8. The largest absolute Gasteiger partial charge is 0.457 e. The summed E-state index contributed by atoms with van der Waals surface area (Å²) in [6.07, 6.45) is -1.19. The quantitative estimate of drug-likeness (QED) is 0.283. The molecule has 0 aliphatic carbocycles. The summed E-state index contributed by atoms with van der Waals surface area (Å²) >= 11 is 0. The van der Waals surface area contributed by atoms with Crippen LogP contribution in [-0.4, -0.2) is 58.4 Å². The molecule has 4 aromatic rings. The highest BCUT2D eigenvalue weighted by molar-refractivity contribution is 5.92. The van der Waals surface area contributed by atoms with Crippen molar-refractivity contribution < 1.29 is 27.5 Å². The van der Waals surface area contributed by atoms with E-state index in [1.54, 1.807) is 43.3 Å². The Kier molecular flexibility index (Phi) is 7.61. The fourth-order valence-electron chi connectivity index (χ4n) is 4.17. The van der Waals surface area contributed by atoms with Gasteiger partial charge in [0.1, 0.15) is 34.9 Å². The van der Waals surface area contributed by atoms with Crippen LogP contribution in [0.2, 0.25) is 0 Å². The van der Waals surface area contributed by atoms with Crippen LogP contribution in [0, 0.1) is 0 Å². The van der Waals surface area contributed by atoms with E-state index in [9.17, 15) is 22.8 Å². The van der Waals surface area contributed by atoms with Crippen LogP contribution in [0.1, 0.15) is 22.5 Å². The van der Waals surface area contributed by atoms with E-state index in [0.717, 1.165) is 12.1 Å². The minimum atomic E-state index is -4.57. The molecule has 3 heterocycles. The zero-order valence-corrected chi connectivity index (χ0v) is 22.4. The summed E-state index contributed by atoms with van der Waals surface area (Å²) in [5.74, 6) is 0.461. The van der Waals surface area contributed by atoms with Gasteiger partial charge >= 0.3 is 6.18 Å². The van der Waals surface area contributed by atoms with Crippen LogP contribution in [0.4, 0.5) is 24.8 Å². The Bertz CT molecular complexity index is 1630. The molecule has 0 radical (unpaired) electrons. The Morgan fingerprint density at radius 2 is 1.83 bits per heavy atom. The first-order valence-corrected chi connectivity index (χ1v) is 12.7. The van der Waals surface area contributed by atoms with Gasteiger partial charge in [-0.15, -0.1) is 0 Å². The van der Waals surface area contributed by atoms with E-state index >= 15 is 0 Å². The fourth-order valence-corrected chi connectivity index (χ4v) is 4.17. The van der Waals surface area contributed by atoms with Crippen LogP contribution < -0.4 is 26.0 Å². The number of hydrogen-bond donors (Lipinski definition) is 3. The average Bonchev–Trinajstić information content (AvgIpc) is 3.36. The maximum atomic E-state index is 13.5. The number of amides is 2. The van der Waals surface area contributed by atoms with Crippen molar-refractivity contribution in [2.75, 3.05) is 30.9 Å². The number of nitrogens with zero attached hydrogens (tertiary/aromatic N) is 5. The number of alkyl halides is 3. The molecule has 2 aromatic carbocycles. The van der Waals surface area contributed by atoms with Crippen LogP contribution >= 0.6 is 0 Å². The van der Waals surface area contributed by atoms with Gasteiger partial charge in [0.2, 0.25) is 5.91 Å². The molecule has 11 nitrogen and oxygen atoms in total. The zero-order valence-electron chi connectivity index (χ0n) is 22.4. The van der Waals surface area contributed by atoms with E-state index in [-0.39, 0.29) is 40.3 Å². The highest BCUT2D eigenvalue weighted by atomic mass is 19.4. The summed E-state index contributed by atoms with van der Waals surface area (Å²) in [5, 5.41) is 5.71. The summed E-state index contributed by atoms with van der Waals surface area (Å²) in [5.41, 5.74) is 5.37. The van der Waals surface area contributed by atoms with Crippen LogP contribution in [0.5, 0.6) is 11.5 Å². The molecule has 14 heteroatoms. The van der Waals surface area contributed by atoms with Gasteiger partial charge in [-0.2, -0.15) is 13.2 Å². The van der Waals surface area contributed by atoms with Crippen molar-refractivity contribution in [3.8, 4) is 34.1 Å². The number of anilines is 2. The number of nitrogens with two attached hydrogens (primary N) is 1. The number of ether oxygens (including phenoxy) is 1. The van der Waals surface area contributed by atoms with Crippen LogP contribution in [0.25, 0.3) is 22.6 Å². The summed E-state index contributed by atoms with van der Waals surface area (Å²) < 4.78 is 46.5. The molecule has 0 spiro atoms. The van der Waals surface area contributed by atoms with Crippen molar-refractivity contribution in [3.05, 3.63) is 72.2 Å². The van der Waals surface area contributed by atoms with E-state index in [4.69, 9.17) is 10.5 Å². The summed E-state index contributed by atoms with van der Waals surface area (Å²) in [7, 11) is 3.54. The molecule has 0 saturated carbocycles. The molecule has 0 bridgehead atoms. The molecule has 1 saturated heterocycles. The van der Waals surface area contributed by atoms with Crippen molar-refractivity contribution in [1.29, 1.82) is 0 Å². The van der Waals surface area contributed by atoms with Gasteiger partial charge in [0.15, 0.2) is 5.82 Å². The Balaban J connectivity index is 1.44. The lowest BCUT2D eigenvalue weighted by molar-refractivity contribution is -0.137. The molecule has 1 aliphatic heterocycles. The molecule has 1 aliphatic rings. The molecular weight excluding hydrogens is 553 g/mol. The molecule has 2 aromatic heterocycles. The van der Waals surface area contributed by atoms with E-state index in [0.29, 0.717) is 30.1 Å². The zero-order chi connectivity index (χ0) is 30.0. The van der Waals surface area contributed by atoms with Crippen LogP contribution in [-0.2, 0) is 11.0 Å². The van der Waals surface area contributed by atoms with E-state index in [2.05, 4.69) is 30.6 Å². The van der Waals surface area contributed by atoms with Crippen molar-refractivity contribution in [2.45, 2.75) is 18.6 Å². The second-order valence-corrected chi connectivity index (χ2v) is 9.59. The Morgan fingerprint density at radius 3 is 2.43 bits per heavy atom. The van der Waals surface area contributed by atoms with Gasteiger partial charge in [-0.05, 0) is 48.9 Å². The first-order chi connectivity index (χ1) is 20.0. The lowest BCUT2D eigenvalue weighted by Gasteiger charge is -2.15. The highest BCUT2D eigenvalue weighted by Crippen LogP contribution is 2.38. The number of carbonyl (C=O) groups is 2. The molecule has 5 rings (SSSR count). The van der Waals surface area contributed by atoms with Gasteiger partial charge in [-0.1, -0.05) is 0 Å². The number of carbonyl (C=O) groups excluding carboxylic acids is 2. The van der Waals surface area contributed by atoms with Crippen LogP contribution in [0.3, 0.4) is 0 Å². The third kappa shape index (κ3) is 6.22. The SMILES string of the molecule is CN(C)c1cnc(-c2cc(C(F)(F)F)ccc2Oc2ccc(-c3nc(NC4CCNC4=O)cc(C(N)=O)n3)cc2)cn1. The number of primary amides is 1. The molecule has 4 N–H and O–H groups in total. The van der Waals surface area contributed by atoms with E-state index < -0.39 is 23.7 Å². The smallest absolute Gasteiger partial charge is 0.416 e. The Hall–Kier alpha value is -5.27. The predicted octanol–water partition coefficient (Wildman–Crippen LogP) is 3.88. The standard InChI is InChI=1S/C28H25F3N8O3/c1-39(2)24-14-34-21(13-35-24)18-11-16(28(29,30)31)5-8-22(18)42-17-6-3-15(4-7-17)26-37-20(25(32)40)12-23(38-26)36-19-9-10-33-27(19)41/h3-8,11-14,19H,9-10H2,1-2H3,(H2,32,40)(H,33,41)(H,36,37,38). The molecule has 42 heavy (non-hydrogen) atoms. The number of nitrogens with one attached hydrogen (secondary N) is 2. The molecule has 1 atom stereocenters. The number of aromatic nitrogens is 4. The molecule has 216 valence electrons. The third-order valence-electron chi connectivity index (χ3n) is 6.37. The Morgan fingerprint density at radius 1 is 1.07 bits per heavy atom. The molecule has 2 amide bonds. The molecule has 1 unspecified atom stereocenters. The van der Waals surface area contributed by atoms with Crippen molar-refractivity contribution in [3.63, 3.8) is 0 Å². The van der Waals surface area contributed by atoms with Crippen molar-refractivity contribution >= 4 is 23.5 Å². The number of benzene rings is 2. The first-order valence-electron chi connectivity index (χ1n) is 12.7. The second-order valence-electron chi connectivity index (χ2n) is 9.59. The first kappa shape index (κ1) is 28.3. The number of hydrogen-bond acceptors (Lipinski definition) is 9. The van der Waals surface area contributed by atoms with Crippen molar-refractivity contribution in [1.82, 2.24) is 25.3 Å². The maximum Gasteiger partial charge on any atom is 0.416 e. The minimum Gasteiger partial charge on any atom is -0.457 e.